The number of methoxy groups -OCH3 is 3. The lowest BCUT2D eigenvalue weighted by atomic mass is 9.96. The van der Waals surface area contributed by atoms with Gasteiger partial charge >= 0.3 is 0 Å². The number of nitrogens with one attached hydrogen (secondary N) is 1. The molecule has 0 bridgehead atoms. The molecule has 1 atom stereocenters. The number of carbonyl (C=O) groups excluding carboxylic acids is 1. The molecular weight excluding hydrogens is 408 g/mol. The van der Waals surface area contributed by atoms with E-state index in [4.69, 9.17) is 24.4 Å². The number of hydrogen-bond donors (Lipinski definition) is 1. The Balaban J connectivity index is 1.61. The molecule has 168 valence electrons. The van der Waals surface area contributed by atoms with Crippen LogP contribution in [0, 0.1) is 11.3 Å². The van der Waals surface area contributed by atoms with Crippen LogP contribution in [0.5, 0.6) is 23.0 Å². The van der Waals surface area contributed by atoms with E-state index >= 15 is 0 Å². The van der Waals surface area contributed by atoms with Crippen molar-refractivity contribution in [3.8, 4) is 23.0 Å². The normalized spacial score (nSPS) is 18.9. The van der Waals surface area contributed by atoms with Crippen LogP contribution >= 0.6 is 0 Å². The second kappa shape index (κ2) is 8.94. The predicted molar refractivity (Wildman–Crippen MR) is 124 cm³/mol. The van der Waals surface area contributed by atoms with Gasteiger partial charge in [-0.3, -0.25) is 10.2 Å². The van der Waals surface area contributed by atoms with Crippen molar-refractivity contribution in [2.75, 3.05) is 45.9 Å². The minimum atomic E-state index is 0.0938. The first kappa shape index (κ1) is 21.7. The van der Waals surface area contributed by atoms with E-state index in [2.05, 4.69) is 4.90 Å². The molecule has 0 aliphatic carbocycles. The molecule has 1 N–H and O–H groups in total. The van der Waals surface area contributed by atoms with Crippen LogP contribution in [-0.4, -0.2) is 52.5 Å². The van der Waals surface area contributed by atoms with E-state index < -0.39 is 0 Å². The van der Waals surface area contributed by atoms with Gasteiger partial charge in [0.1, 0.15) is 23.9 Å². The van der Waals surface area contributed by atoms with Crippen LogP contribution in [-0.2, 0) is 4.79 Å². The fourth-order valence-corrected chi connectivity index (χ4v) is 4.23. The Bertz CT molecular complexity index is 1090. The van der Waals surface area contributed by atoms with E-state index in [0.717, 1.165) is 41.9 Å². The lowest BCUT2D eigenvalue weighted by Gasteiger charge is -2.25. The monoisotopic (exact) mass is 436 g/mol. The maximum absolute atomic E-state index is 11.7. The van der Waals surface area contributed by atoms with Crippen molar-refractivity contribution >= 4 is 23.3 Å². The summed E-state index contributed by atoms with van der Waals surface area (Å²) < 4.78 is 22.3. The van der Waals surface area contributed by atoms with Gasteiger partial charge in [-0.15, -0.1) is 0 Å². The van der Waals surface area contributed by atoms with Gasteiger partial charge in [0.25, 0.3) is 0 Å². The summed E-state index contributed by atoms with van der Waals surface area (Å²) in [5, 5.41) is 8.75. The lowest BCUT2D eigenvalue weighted by molar-refractivity contribution is -0.120. The molecular formula is C25H28N2O5. The van der Waals surface area contributed by atoms with Crippen LogP contribution in [0.2, 0.25) is 0 Å². The Labute approximate surface area is 188 Å². The van der Waals surface area contributed by atoms with Crippen molar-refractivity contribution < 1.29 is 23.7 Å². The Morgan fingerprint density at radius 3 is 2.47 bits per heavy atom. The number of fused-ring (bicyclic) bond motifs is 1. The van der Waals surface area contributed by atoms with E-state index in [-0.39, 0.29) is 18.3 Å². The van der Waals surface area contributed by atoms with E-state index in [1.54, 1.807) is 34.3 Å². The fraction of sp³-hybridized carbons (Fsp3) is 0.360. The first-order valence-electron chi connectivity index (χ1n) is 10.6. The number of benzene rings is 2. The highest BCUT2D eigenvalue weighted by Crippen LogP contribution is 2.38. The lowest BCUT2D eigenvalue weighted by Crippen LogP contribution is -2.23. The summed E-state index contributed by atoms with van der Waals surface area (Å²) in [6.45, 7) is 3.52. The van der Waals surface area contributed by atoms with Crippen molar-refractivity contribution in [2.24, 2.45) is 5.92 Å². The van der Waals surface area contributed by atoms with E-state index in [1.165, 1.54) is 0 Å². The molecule has 1 fully saturated rings. The van der Waals surface area contributed by atoms with Crippen molar-refractivity contribution in [3.63, 3.8) is 0 Å². The zero-order chi connectivity index (χ0) is 22.8. The molecule has 7 nitrogen and oxygen atoms in total. The van der Waals surface area contributed by atoms with Gasteiger partial charge in [0.05, 0.1) is 27.0 Å². The SMILES string of the molecule is COc1cc(OC)c(OC)cc1/C=C1/COc2cc(N3CCC(C(C)=O)C3)ccc2C1=N. The van der Waals surface area contributed by atoms with Gasteiger partial charge < -0.3 is 23.8 Å². The Morgan fingerprint density at radius 2 is 1.81 bits per heavy atom. The van der Waals surface area contributed by atoms with Crippen molar-refractivity contribution in [1.82, 2.24) is 0 Å². The van der Waals surface area contributed by atoms with Crippen molar-refractivity contribution in [2.45, 2.75) is 13.3 Å². The molecule has 2 aliphatic rings. The number of Topliss-reactive ketones (excluding diaryl/α,β-unsaturated/α-hetero) is 1. The number of ether oxygens (including phenoxy) is 4. The summed E-state index contributed by atoms with van der Waals surface area (Å²) in [7, 11) is 4.76. The highest BCUT2D eigenvalue weighted by Gasteiger charge is 2.28. The van der Waals surface area contributed by atoms with Crippen LogP contribution < -0.4 is 23.8 Å². The average molecular weight is 437 g/mol. The average Bonchev–Trinajstić information content (AvgIpc) is 3.31. The van der Waals surface area contributed by atoms with Crippen LogP contribution in [0.15, 0.2) is 35.9 Å². The molecule has 7 heteroatoms. The first-order chi connectivity index (χ1) is 15.4. The first-order valence-corrected chi connectivity index (χ1v) is 10.6. The third-order valence-electron chi connectivity index (χ3n) is 6.13. The van der Waals surface area contributed by atoms with Crippen LogP contribution in [0.3, 0.4) is 0 Å². The largest absolute Gasteiger partial charge is 0.496 e. The molecule has 0 radical (unpaired) electrons. The summed E-state index contributed by atoms with van der Waals surface area (Å²) in [6, 6.07) is 9.49. The minimum absolute atomic E-state index is 0.0938. The van der Waals surface area contributed by atoms with Gasteiger partial charge in [0.2, 0.25) is 0 Å². The molecule has 0 saturated carbocycles. The topological polar surface area (TPSA) is 81.1 Å². The van der Waals surface area contributed by atoms with E-state index in [0.29, 0.717) is 28.7 Å². The number of carbonyl (C=O) groups is 1. The zero-order valence-corrected chi connectivity index (χ0v) is 18.9. The molecule has 2 heterocycles. The standard InChI is InChI=1S/C25H28N2O5/c1-15(28)16-7-8-27(13-16)19-5-6-20-22(11-19)32-14-18(25(20)26)9-17-10-23(30-3)24(31-4)12-21(17)29-2/h5-6,9-12,16,26H,7-8,13-14H2,1-4H3/b18-9-,26-25?. The van der Waals surface area contributed by atoms with Gasteiger partial charge in [0.15, 0.2) is 11.5 Å². The molecule has 2 aliphatic heterocycles. The van der Waals surface area contributed by atoms with Gasteiger partial charge in [0, 0.05) is 53.5 Å². The summed E-state index contributed by atoms with van der Waals surface area (Å²) >= 11 is 0. The molecule has 2 aromatic carbocycles. The summed E-state index contributed by atoms with van der Waals surface area (Å²) in [5.41, 5.74) is 3.70. The Kier molecular flexibility index (Phi) is 6.08. The number of rotatable bonds is 6. The van der Waals surface area contributed by atoms with E-state index in [9.17, 15) is 4.79 Å². The number of nitrogens with zero attached hydrogens (tertiary/aromatic N) is 1. The van der Waals surface area contributed by atoms with Gasteiger partial charge in [-0.1, -0.05) is 0 Å². The maximum Gasteiger partial charge on any atom is 0.164 e. The van der Waals surface area contributed by atoms with Crippen LogP contribution in [0.25, 0.3) is 6.08 Å². The van der Waals surface area contributed by atoms with Crippen LogP contribution in [0.4, 0.5) is 5.69 Å². The number of hydrogen-bond acceptors (Lipinski definition) is 7. The molecule has 1 unspecified atom stereocenters. The highest BCUT2D eigenvalue weighted by molar-refractivity contribution is 6.16. The van der Waals surface area contributed by atoms with Gasteiger partial charge in [-0.2, -0.15) is 0 Å². The fourth-order valence-electron chi connectivity index (χ4n) is 4.23. The molecule has 32 heavy (non-hydrogen) atoms. The van der Waals surface area contributed by atoms with Crippen molar-refractivity contribution in [3.05, 3.63) is 47.0 Å². The second-order valence-electron chi connectivity index (χ2n) is 8.01. The van der Waals surface area contributed by atoms with Gasteiger partial charge in [-0.25, -0.2) is 0 Å². The second-order valence-corrected chi connectivity index (χ2v) is 8.01. The smallest absolute Gasteiger partial charge is 0.164 e. The molecule has 0 aromatic heterocycles. The third-order valence-corrected chi connectivity index (χ3v) is 6.13. The highest BCUT2D eigenvalue weighted by atomic mass is 16.5. The third kappa shape index (κ3) is 4.02. The zero-order valence-electron chi connectivity index (χ0n) is 18.9. The molecule has 4 rings (SSSR count). The minimum Gasteiger partial charge on any atom is -0.496 e. The summed E-state index contributed by atoms with van der Waals surface area (Å²) in [4.78, 5) is 13.9. The summed E-state index contributed by atoms with van der Waals surface area (Å²) in [6.07, 6.45) is 2.76. The van der Waals surface area contributed by atoms with E-state index in [1.807, 2.05) is 30.3 Å². The molecule has 0 spiro atoms. The molecule has 1 saturated heterocycles. The van der Waals surface area contributed by atoms with Crippen LogP contribution in [0.1, 0.15) is 24.5 Å². The predicted octanol–water partition coefficient (Wildman–Crippen LogP) is 3.97. The number of anilines is 1. The number of ketones is 1. The van der Waals surface area contributed by atoms with Gasteiger partial charge in [-0.05, 0) is 37.6 Å². The Hall–Kier alpha value is -3.48. The quantitative estimate of drug-likeness (QED) is 0.738. The maximum atomic E-state index is 11.7. The molecule has 2 aromatic rings. The molecule has 0 amide bonds. The summed E-state index contributed by atoms with van der Waals surface area (Å²) in [5.74, 6) is 2.81. The Morgan fingerprint density at radius 1 is 1.09 bits per heavy atom. The van der Waals surface area contributed by atoms with Crippen molar-refractivity contribution in [1.29, 1.82) is 5.41 Å².